The predicted molar refractivity (Wildman–Crippen MR) is 118 cm³/mol. The van der Waals surface area contributed by atoms with Crippen molar-refractivity contribution in [3.8, 4) is 17.2 Å². The van der Waals surface area contributed by atoms with Crippen LogP contribution in [0.25, 0.3) is 0 Å². The SMILES string of the molecule is COc1cc(NC(=O)CC(Cn2cccc2)c2ccc(Cl)cc2)cc(OC)c1OC. The van der Waals surface area contributed by atoms with Crippen LogP contribution in [0.5, 0.6) is 17.2 Å². The number of rotatable bonds is 9. The Morgan fingerprint density at radius 1 is 1.00 bits per heavy atom. The van der Waals surface area contributed by atoms with E-state index in [0.717, 1.165) is 5.56 Å². The molecule has 1 aromatic heterocycles. The molecule has 0 saturated heterocycles. The molecule has 0 aliphatic rings. The standard InChI is InChI=1S/C23H25ClN2O4/c1-28-20-13-19(14-21(29-2)23(20)30-3)25-22(27)12-17(15-26-10-4-5-11-26)16-6-8-18(24)9-7-16/h4-11,13-14,17H,12,15H2,1-3H3,(H,25,27). The Kier molecular flexibility index (Phi) is 7.25. The molecule has 0 aliphatic carbocycles. The summed E-state index contributed by atoms with van der Waals surface area (Å²) in [7, 11) is 4.61. The minimum absolute atomic E-state index is 0.0169. The Labute approximate surface area is 181 Å². The summed E-state index contributed by atoms with van der Waals surface area (Å²) in [5.41, 5.74) is 1.62. The highest BCUT2D eigenvalue weighted by Crippen LogP contribution is 2.40. The molecule has 6 nitrogen and oxygen atoms in total. The van der Waals surface area contributed by atoms with E-state index in [-0.39, 0.29) is 11.8 Å². The second-order valence-corrected chi connectivity index (χ2v) is 7.23. The Hall–Kier alpha value is -3.12. The molecule has 3 rings (SSSR count). The number of aromatic nitrogens is 1. The van der Waals surface area contributed by atoms with Gasteiger partial charge in [0.1, 0.15) is 0 Å². The van der Waals surface area contributed by atoms with E-state index in [9.17, 15) is 4.79 Å². The van der Waals surface area contributed by atoms with Gasteiger partial charge in [0.25, 0.3) is 0 Å². The van der Waals surface area contributed by atoms with Crippen LogP contribution in [0.1, 0.15) is 17.9 Å². The number of hydrogen-bond donors (Lipinski definition) is 1. The second-order valence-electron chi connectivity index (χ2n) is 6.79. The molecule has 0 saturated carbocycles. The summed E-state index contributed by atoms with van der Waals surface area (Å²) in [6.45, 7) is 0.678. The highest BCUT2D eigenvalue weighted by atomic mass is 35.5. The van der Waals surface area contributed by atoms with Crippen LogP contribution in [0.2, 0.25) is 5.02 Å². The molecule has 0 spiro atoms. The van der Waals surface area contributed by atoms with E-state index in [1.807, 2.05) is 48.8 Å². The van der Waals surface area contributed by atoms with Crippen LogP contribution in [-0.2, 0) is 11.3 Å². The molecule has 158 valence electrons. The third kappa shape index (κ3) is 5.27. The molecular formula is C23H25ClN2O4. The Balaban J connectivity index is 1.79. The molecule has 1 heterocycles. The molecule has 1 amide bonds. The number of hydrogen-bond acceptors (Lipinski definition) is 4. The topological polar surface area (TPSA) is 61.7 Å². The van der Waals surface area contributed by atoms with Crippen molar-refractivity contribution < 1.29 is 19.0 Å². The molecule has 0 radical (unpaired) electrons. The number of benzene rings is 2. The summed E-state index contributed by atoms with van der Waals surface area (Å²) in [4.78, 5) is 12.9. The second kappa shape index (κ2) is 10.1. The zero-order valence-electron chi connectivity index (χ0n) is 17.2. The average Bonchev–Trinajstić information content (AvgIpc) is 3.26. The maximum absolute atomic E-state index is 12.9. The maximum atomic E-state index is 12.9. The lowest BCUT2D eigenvalue weighted by molar-refractivity contribution is -0.116. The molecule has 3 aromatic rings. The first-order valence-corrected chi connectivity index (χ1v) is 9.88. The molecule has 0 aliphatic heterocycles. The van der Waals surface area contributed by atoms with Crippen LogP contribution in [0, 0.1) is 0 Å². The summed E-state index contributed by atoms with van der Waals surface area (Å²) in [6, 6.07) is 15.0. The lowest BCUT2D eigenvalue weighted by Gasteiger charge is -2.19. The number of methoxy groups -OCH3 is 3. The molecule has 1 atom stereocenters. The average molecular weight is 429 g/mol. The number of ether oxygens (including phenoxy) is 3. The van der Waals surface area contributed by atoms with E-state index in [1.54, 1.807) is 12.1 Å². The van der Waals surface area contributed by atoms with E-state index in [4.69, 9.17) is 25.8 Å². The number of anilines is 1. The molecule has 1 unspecified atom stereocenters. The summed E-state index contributed by atoms with van der Waals surface area (Å²) in [5, 5.41) is 3.61. The lowest BCUT2D eigenvalue weighted by Crippen LogP contribution is -2.18. The van der Waals surface area contributed by atoms with E-state index in [2.05, 4.69) is 9.88 Å². The summed E-state index contributed by atoms with van der Waals surface area (Å²) >= 11 is 6.04. The molecule has 2 aromatic carbocycles. The van der Waals surface area contributed by atoms with Crippen LogP contribution in [0.15, 0.2) is 60.9 Å². The molecular weight excluding hydrogens is 404 g/mol. The van der Waals surface area contributed by atoms with Crippen molar-refractivity contribution in [1.29, 1.82) is 0 Å². The monoisotopic (exact) mass is 428 g/mol. The fraction of sp³-hybridized carbons (Fsp3) is 0.261. The van der Waals surface area contributed by atoms with Gasteiger partial charge in [-0.3, -0.25) is 4.79 Å². The van der Waals surface area contributed by atoms with Crippen molar-refractivity contribution in [2.24, 2.45) is 0 Å². The van der Waals surface area contributed by atoms with Crippen molar-refractivity contribution in [2.45, 2.75) is 18.9 Å². The quantitative estimate of drug-likeness (QED) is 0.522. The van der Waals surface area contributed by atoms with Crippen molar-refractivity contribution in [2.75, 3.05) is 26.6 Å². The smallest absolute Gasteiger partial charge is 0.225 e. The van der Waals surface area contributed by atoms with Gasteiger partial charge in [0, 0.05) is 54.1 Å². The van der Waals surface area contributed by atoms with Gasteiger partial charge in [-0.2, -0.15) is 0 Å². The minimum atomic E-state index is -0.114. The first-order valence-electron chi connectivity index (χ1n) is 9.50. The summed E-state index contributed by atoms with van der Waals surface area (Å²) in [5.74, 6) is 1.31. The largest absolute Gasteiger partial charge is 0.493 e. The molecule has 0 bridgehead atoms. The highest BCUT2D eigenvalue weighted by molar-refractivity contribution is 6.30. The Morgan fingerprint density at radius 3 is 2.13 bits per heavy atom. The van der Waals surface area contributed by atoms with Crippen LogP contribution in [-0.4, -0.2) is 31.8 Å². The van der Waals surface area contributed by atoms with E-state index >= 15 is 0 Å². The van der Waals surface area contributed by atoms with Gasteiger partial charge >= 0.3 is 0 Å². The number of nitrogens with zero attached hydrogens (tertiary/aromatic N) is 1. The van der Waals surface area contributed by atoms with Gasteiger partial charge in [-0.05, 0) is 29.8 Å². The summed E-state index contributed by atoms with van der Waals surface area (Å²) < 4.78 is 18.1. The Morgan fingerprint density at radius 2 is 1.60 bits per heavy atom. The maximum Gasteiger partial charge on any atom is 0.225 e. The van der Waals surface area contributed by atoms with Gasteiger partial charge in [-0.15, -0.1) is 0 Å². The van der Waals surface area contributed by atoms with Crippen LogP contribution in [0.4, 0.5) is 5.69 Å². The number of carbonyl (C=O) groups is 1. The summed E-state index contributed by atoms with van der Waals surface area (Å²) in [6.07, 6.45) is 4.27. The molecule has 30 heavy (non-hydrogen) atoms. The Bertz CT molecular complexity index is 946. The number of amides is 1. The van der Waals surface area contributed by atoms with Gasteiger partial charge < -0.3 is 24.1 Å². The zero-order valence-corrected chi connectivity index (χ0v) is 18.0. The van der Waals surface area contributed by atoms with E-state index in [0.29, 0.717) is 40.9 Å². The first kappa shape index (κ1) is 21.6. The van der Waals surface area contributed by atoms with Gasteiger partial charge in [0.05, 0.1) is 21.3 Å². The third-order valence-corrected chi connectivity index (χ3v) is 5.07. The van der Waals surface area contributed by atoms with Gasteiger partial charge in [0.15, 0.2) is 11.5 Å². The highest BCUT2D eigenvalue weighted by Gasteiger charge is 2.19. The third-order valence-electron chi connectivity index (χ3n) is 4.82. The number of halogens is 1. The normalized spacial score (nSPS) is 11.6. The fourth-order valence-corrected chi connectivity index (χ4v) is 3.48. The minimum Gasteiger partial charge on any atom is -0.493 e. The zero-order chi connectivity index (χ0) is 21.5. The molecule has 1 N–H and O–H groups in total. The van der Waals surface area contributed by atoms with E-state index in [1.165, 1.54) is 21.3 Å². The van der Waals surface area contributed by atoms with Crippen molar-refractivity contribution in [3.05, 3.63) is 71.5 Å². The van der Waals surface area contributed by atoms with Gasteiger partial charge in [0.2, 0.25) is 11.7 Å². The predicted octanol–water partition coefficient (Wildman–Crippen LogP) is 4.98. The fourth-order valence-electron chi connectivity index (χ4n) is 3.36. The lowest BCUT2D eigenvalue weighted by atomic mass is 9.95. The van der Waals surface area contributed by atoms with E-state index < -0.39 is 0 Å². The number of nitrogens with one attached hydrogen (secondary N) is 1. The first-order chi connectivity index (χ1) is 14.5. The van der Waals surface area contributed by atoms with Crippen LogP contribution >= 0.6 is 11.6 Å². The van der Waals surface area contributed by atoms with Crippen molar-refractivity contribution in [3.63, 3.8) is 0 Å². The van der Waals surface area contributed by atoms with Crippen molar-refractivity contribution >= 4 is 23.2 Å². The van der Waals surface area contributed by atoms with Gasteiger partial charge in [-0.1, -0.05) is 23.7 Å². The molecule has 0 fully saturated rings. The van der Waals surface area contributed by atoms with Crippen LogP contribution < -0.4 is 19.5 Å². The molecule has 7 heteroatoms. The number of carbonyl (C=O) groups excluding carboxylic acids is 1. The van der Waals surface area contributed by atoms with Crippen molar-refractivity contribution in [1.82, 2.24) is 4.57 Å². The van der Waals surface area contributed by atoms with Crippen LogP contribution in [0.3, 0.4) is 0 Å². The van der Waals surface area contributed by atoms with Gasteiger partial charge in [-0.25, -0.2) is 0 Å².